The van der Waals surface area contributed by atoms with E-state index in [2.05, 4.69) is 10.3 Å². The third kappa shape index (κ3) is 6.09. The zero-order valence-corrected chi connectivity index (χ0v) is 14.6. The highest BCUT2D eigenvalue weighted by atomic mass is 19.4. The van der Waals surface area contributed by atoms with Crippen molar-refractivity contribution in [2.24, 2.45) is 0 Å². The van der Waals surface area contributed by atoms with Gasteiger partial charge in [0.1, 0.15) is 5.69 Å². The lowest BCUT2D eigenvalue weighted by Gasteiger charge is -2.19. The molecule has 0 saturated carbocycles. The molecule has 0 radical (unpaired) electrons. The summed E-state index contributed by atoms with van der Waals surface area (Å²) < 4.78 is 38.1. The molecule has 2 rings (SSSR count). The van der Waals surface area contributed by atoms with Gasteiger partial charge in [-0.2, -0.15) is 13.2 Å². The largest absolute Gasteiger partial charge is 0.481 e. The molecule has 0 fully saturated rings. The molecule has 2 N–H and O–H groups in total. The van der Waals surface area contributed by atoms with Gasteiger partial charge in [0.15, 0.2) is 0 Å². The first-order chi connectivity index (χ1) is 12.7. The van der Waals surface area contributed by atoms with Crippen molar-refractivity contribution in [2.75, 3.05) is 0 Å². The summed E-state index contributed by atoms with van der Waals surface area (Å²) in [6, 6.07) is 10.6. The minimum absolute atomic E-state index is 0.0244. The molecule has 1 unspecified atom stereocenters. The minimum atomic E-state index is -4.59. The maximum absolute atomic E-state index is 12.7. The molecule has 0 aliphatic rings. The number of aryl methyl sites for hydroxylation is 1. The van der Waals surface area contributed by atoms with Crippen LogP contribution in [0, 0.1) is 6.92 Å². The number of benzene rings is 1. The third-order valence-corrected chi connectivity index (χ3v) is 3.99. The summed E-state index contributed by atoms with van der Waals surface area (Å²) in [5.74, 6) is -1.57. The second kappa shape index (κ2) is 8.66. The van der Waals surface area contributed by atoms with Crippen LogP contribution in [0.25, 0.3) is 0 Å². The molecule has 1 heterocycles. The lowest BCUT2D eigenvalue weighted by Crippen LogP contribution is -2.37. The fraction of sp³-hybridized carbons (Fsp3) is 0.316. The standard InChI is InChI=1S/C19H19F3N2O3/c1-12-15(8-9-16(23-12)19(20,21)22)18(27)24-14(7-10-17(25)26)11-13-5-3-2-4-6-13/h2-6,8-9,14H,7,10-11H2,1H3,(H,24,27)(H,25,26). The molecule has 1 amide bonds. The maximum Gasteiger partial charge on any atom is 0.433 e. The topological polar surface area (TPSA) is 79.3 Å². The normalized spacial score (nSPS) is 12.4. The highest BCUT2D eigenvalue weighted by Crippen LogP contribution is 2.28. The van der Waals surface area contributed by atoms with Gasteiger partial charge < -0.3 is 10.4 Å². The highest BCUT2D eigenvalue weighted by molar-refractivity contribution is 5.95. The number of nitrogens with zero attached hydrogens (tertiary/aromatic N) is 1. The van der Waals surface area contributed by atoms with Crippen LogP contribution in [-0.4, -0.2) is 28.0 Å². The van der Waals surface area contributed by atoms with E-state index in [0.717, 1.165) is 17.7 Å². The first-order valence-corrected chi connectivity index (χ1v) is 8.28. The number of amides is 1. The van der Waals surface area contributed by atoms with Gasteiger partial charge in [0.2, 0.25) is 0 Å². The molecule has 0 aliphatic heterocycles. The lowest BCUT2D eigenvalue weighted by atomic mass is 10.0. The van der Waals surface area contributed by atoms with Crippen LogP contribution in [0.15, 0.2) is 42.5 Å². The Hall–Kier alpha value is -2.90. The lowest BCUT2D eigenvalue weighted by molar-refractivity contribution is -0.141. The predicted molar refractivity (Wildman–Crippen MR) is 92.2 cm³/mol. The summed E-state index contributed by atoms with van der Waals surface area (Å²) in [4.78, 5) is 26.8. The van der Waals surface area contributed by atoms with Gasteiger partial charge in [0.05, 0.1) is 11.3 Å². The molecule has 2 aromatic rings. The van der Waals surface area contributed by atoms with Gasteiger partial charge in [0.25, 0.3) is 5.91 Å². The quantitative estimate of drug-likeness (QED) is 0.769. The molecule has 0 spiro atoms. The zero-order valence-electron chi connectivity index (χ0n) is 14.6. The number of halogens is 3. The molecule has 0 saturated heterocycles. The Morgan fingerprint density at radius 1 is 1.15 bits per heavy atom. The number of aromatic nitrogens is 1. The summed E-state index contributed by atoms with van der Waals surface area (Å²) in [5.41, 5.74) is -0.172. The van der Waals surface area contributed by atoms with Crippen molar-refractivity contribution in [3.8, 4) is 0 Å². The average Bonchev–Trinajstić information content (AvgIpc) is 2.59. The van der Waals surface area contributed by atoms with E-state index in [0.29, 0.717) is 6.42 Å². The molecule has 1 atom stereocenters. The van der Waals surface area contributed by atoms with Gasteiger partial charge in [-0.15, -0.1) is 0 Å². The van der Waals surface area contributed by atoms with Crippen molar-refractivity contribution in [1.82, 2.24) is 10.3 Å². The molecule has 0 aliphatic carbocycles. The van der Waals surface area contributed by atoms with Crippen LogP contribution in [0.2, 0.25) is 0 Å². The Kier molecular flexibility index (Phi) is 6.55. The number of hydrogen-bond acceptors (Lipinski definition) is 3. The Bertz CT molecular complexity index is 808. The Balaban J connectivity index is 2.15. The number of carbonyl (C=O) groups excluding carboxylic acids is 1. The monoisotopic (exact) mass is 380 g/mol. The number of alkyl halides is 3. The summed E-state index contributed by atoms with van der Waals surface area (Å²) in [6.07, 6.45) is -4.12. The molecular weight excluding hydrogens is 361 g/mol. The second-order valence-electron chi connectivity index (χ2n) is 6.12. The maximum atomic E-state index is 12.7. The second-order valence-corrected chi connectivity index (χ2v) is 6.12. The van der Waals surface area contributed by atoms with E-state index in [1.165, 1.54) is 6.92 Å². The van der Waals surface area contributed by atoms with Gasteiger partial charge in [-0.3, -0.25) is 9.59 Å². The average molecular weight is 380 g/mol. The number of nitrogens with one attached hydrogen (secondary N) is 1. The number of rotatable bonds is 7. The van der Waals surface area contributed by atoms with Crippen molar-refractivity contribution < 1.29 is 27.9 Å². The predicted octanol–water partition coefficient (Wildman–Crippen LogP) is 3.61. The van der Waals surface area contributed by atoms with Gasteiger partial charge in [0, 0.05) is 12.5 Å². The van der Waals surface area contributed by atoms with Crippen LogP contribution in [0.4, 0.5) is 13.2 Å². The smallest absolute Gasteiger partial charge is 0.433 e. The number of carboxylic acids is 1. The van der Waals surface area contributed by atoms with Gasteiger partial charge in [-0.25, -0.2) is 4.98 Å². The van der Waals surface area contributed by atoms with Crippen LogP contribution in [0.5, 0.6) is 0 Å². The van der Waals surface area contributed by atoms with Crippen molar-refractivity contribution in [2.45, 2.75) is 38.4 Å². The fourth-order valence-electron chi connectivity index (χ4n) is 2.64. The molecule has 1 aromatic heterocycles. The Morgan fingerprint density at radius 2 is 1.81 bits per heavy atom. The Morgan fingerprint density at radius 3 is 2.37 bits per heavy atom. The van der Waals surface area contributed by atoms with Crippen LogP contribution < -0.4 is 5.32 Å². The SMILES string of the molecule is Cc1nc(C(F)(F)F)ccc1C(=O)NC(CCC(=O)O)Cc1ccccc1. The van der Waals surface area contributed by atoms with Gasteiger partial charge >= 0.3 is 12.1 Å². The van der Waals surface area contributed by atoms with Crippen LogP contribution in [0.1, 0.15) is 40.2 Å². The number of aliphatic carboxylic acids is 1. The molecule has 144 valence electrons. The van der Waals surface area contributed by atoms with E-state index in [-0.39, 0.29) is 24.1 Å². The van der Waals surface area contributed by atoms with Gasteiger partial charge in [-0.1, -0.05) is 30.3 Å². The highest BCUT2D eigenvalue weighted by Gasteiger charge is 2.33. The number of hydrogen-bond donors (Lipinski definition) is 2. The van der Waals surface area contributed by atoms with E-state index in [9.17, 15) is 22.8 Å². The first kappa shape index (κ1) is 20.4. The third-order valence-electron chi connectivity index (χ3n) is 3.99. The van der Waals surface area contributed by atoms with Crippen molar-refractivity contribution in [1.29, 1.82) is 0 Å². The molecular formula is C19H19F3N2O3. The van der Waals surface area contributed by atoms with Gasteiger partial charge in [-0.05, 0) is 37.5 Å². The molecule has 5 nitrogen and oxygen atoms in total. The summed E-state index contributed by atoms with van der Waals surface area (Å²) in [7, 11) is 0. The van der Waals surface area contributed by atoms with Crippen LogP contribution >= 0.6 is 0 Å². The number of carbonyl (C=O) groups is 2. The van der Waals surface area contributed by atoms with E-state index in [4.69, 9.17) is 5.11 Å². The zero-order chi connectivity index (χ0) is 20.0. The molecule has 27 heavy (non-hydrogen) atoms. The van der Waals surface area contributed by atoms with E-state index < -0.39 is 29.8 Å². The van der Waals surface area contributed by atoms with E-state index >= 15 is 0 Å². The van der Waals surface area contributed by atoms with E-state index in [1.54, 1.807) is 0 Å². The van der Waals surface area contributed by atoms with Crippen LogP contribution in [-0.2, 0) is 17.4 Å². The number of carboxylic acid groups (broad SMARTS) is 1. The van der Waals surface area contributed by atoms with Crippen molar-refractivity contribution in [3.63, 3.8) is 0 Å². The first-order valence-electron chi connectivity index (χ1n) is 8.28. The van der Waals surface area contributed by atoms with Crippen molar-refractivity contribution >= 4 is 11.9 Å². The molecule has 1 aromatic carbocycles. The minimum Gasteiger partial charge on any atom is -0.481 e. The summed E-state index contributed by atoms with van der Waals surface area (Å²) >= 11 is 0. The van der Waals surface area contributed by atoms with Crippen molar-refractivity contribution in [3.05, 3.63) is 65.0 Å². The summed E-state index contributed by atoms with van der Waals surface area (Å²) in [6.45, 7) is 1.33. The fourth-order valence-corrected chi connectivity index (χ4v) is 2.64. The molecule has 8 heteroatoms. The number of pyridine rings is 1. The summed E-state index contributed by atoms with van der Waals surface area (Å²) in [5, 5.41) is 11.6. The molecule has 0 bridgehead atoms. The van der Waals surface area contributed by atoms with Crippen LogP contribution in [0.3, 0.4) is 0 Å². The Labute approximate surface area is 154 Å². The van der Waals surface area contributed by atoms with E-state index in [1.807, 2.05) is 30.3 Å².